The van der Waals surface area contributed by atoms with Gasteiger partial charge >= 0.3 is 0 Å². The predicted molar refractivity (Wildman–Crippen MR) is 140 cm³/mol. The highest BCUT2D eigenvalue weighted by atomic mass is 32.1. The lowest BCUT2D eigenvalue weighted by molar-refractivity contribution is -0.126. The summed E-state index contributed by atoms with van der Waals surface area (Å²) < 4.78 is 5.37. The van der Waals surface area contributed by atoms with E-state index in [1.165, 1.54) is 16.9 Å². The number of aromatic nitrogens is 1. The molecular weight excluding hydrogens is 458 g/mol. The number of carbonyl (C=O) groups is 2. The van der Waals surface area contributed by atoms with Crippen molar-refractivity contribution in [2.75, 3.05) is 20.2 Å². The van der Waals surface area contributed by atoms with E-state index in [2.05, 4.69) is 29.4 Å². The van der Waals surface area contributed by atoms with Gasteiger partial charge < -0.3 is 15.0 Å². The number of para-hydroxylation sites is 1. The van der Waals surface area contributed by atoms with Gasteiger partial charge in [-0.2, -0.15) is 0 Å². The maximum absolute atomic E-state index is 13.3. The molecule has 6 nitrogen and oxygen atoms in total. The summed E-state index contributed by atoms with van der Waals surface area (Å²) in [6.07, 6.45) is 1.63. The van der Waals surface area contributed by atoms with Gasteiger partial charge in [0.05, 0.1) is 12.8 Å². The number of ether oxygens (including phenoxy) is 1. The zero-order valence-corrected chi connectivity index (χ0v) is 21.7. The van der Waals surface area contributed by atoms with E-state index in [1.54, 1.807) is 7.11 Å². The van der Waals surface area contributed by atoms with Crippen molar-refractivity contribution in [3.8, 4) is 16.3 Å². The van der Waals surface area contributed by atoms with E-state index < -0.39 is 0 Å². The first-order chi connectivity index (χ1) is 16.9. The van der Waals surface area contributed by atoms with Crippen molar-refractivity contribution in [1.29, 1.82) is 0 Å². The number of aryl methyl sites for hydroxylation is 2. The van der Waals surface area contributed by atoms with Gasteiger partial charge in [-0.25, -0.2) is 4.98 Å². The standard InChI is InChI=1S/C28H33N3O3S/c1-18-9-11-22(12-10-18)27-30-20(3)25(35-27)28(33)31-15-13-21(14-16-31)19(2)26(32)29-17-23-7-5-6-8-24(23)34-4/h5-12,19,21H,13-17H2,1-4H3,(H,29,32). The highest BCUT2D eigenvalue weighted by Crippen LogP contribution is 2.31. The highest BCUT2D eigenvalue weighted by molar-refractivity contribution is 7.17. The van der Waals surface area contributed by atoms with Crippen molar-refractivity contribution in [3.05, 3.63) is 70.2 Å². The molecule has 2 aromatic carbocycles. The number of nitrogens with zero attached hydrogens (tertiary/aromatic N) is 2. The van der Waals surface area contributed by atoms with Crippen LogP contribution in [0.2, 0.25) is 0 Å². The van der Waals surface area contributed by atoms with Crippen LogP contribution in [0.25, 0.3) is 10.6 Å². The van der Waals surface area contributed by atoms with E-state index in [0.717, 1.165) is 40.4 Å². The summed E-state index contributed by atoms with van der Waals surface area (Å²) in [5.41, 5.74) is 3.97. The molecule has 1 fully saturated rings. The molecule has 4 rings (SSSR count). The molecular formula is C28H33N3O3S. The van der Waals surface area contributed by atoms with Crippen LogP contribution in [0.1, 0.15) is 46.3 Å². The topological polar surface area (TPSA) is 71.5 Å². The molecule has 0 aliphatic carbocycles. The van der Waals surface area contributed by atoms with Crippen LogP contribution < -0.4 is 10.1 Å². The van der Waals surface area contributed by atoms with E-state index in [9.17, 15) is 9.59 Å². The molecule has 3 aromatic rings. The Balaban J connectivity index is 1.32. The second kappa shape index (κ2) is 11.0. The van der Waals surface area contributed by atoms with Gasteiger partial charge in [0.2, 0.25) is 5.91 Å². The van der Waals surface area contributed by atoms with Crippen molar-refractivity contribution in [2.45, 2.75) is 40.2 Å². The number of hydrogen-bond acceptors (Lipinski definition) is 5. The van der Waals surface area contributed by atoms with Crippen molar-refractivity contribution in [1.82, 2.24) is 15.2 Å². The Morgan fingerprint density at radius 1 is 1.11 bits per heavy atom. The van der Waals surface area contributed by atoms with Crippen molar-refractivity contribution < 1.29 is 14.3 Å². The molecule has 1 aliphatic heterocycles. The number of benzene rings is 2. The monoisotopic (exact) mass is 491 g/mol. The Labute approximate surface area is 211 Å². The molecule has 0 radical (unpaired) electrons. The van der Waals surface area contributed by atoms with Crippen LogP contribution in [-0.4, -0.2) is 41.9 Å². The van der Waals surface area contributed by atoms with Gasteiger partial charge in [-0.3, -0.25) is 9.59 Å². The molecule has 1 saturated heterocycles. The van der Waals surface area contributed by atoms with Crippen LogP contribution in [0.4, 0.5) is 0 Å². The zero-order valence-electron chi connectivity index (χ0n) is 20.8. The van der Waals surface area contributed by atoms with Crippen molar-refractivity contribution >= 4 is 23.2 Å². The van der Waals surface area contributed by atoms with Gasteiger partial charge in [-0.1, -0.05) is 55.0 Å². The molecule has 0 spiro atoms. The van der Waals surface area contributed by atoms with E-state index in [0.29, 0.717) is 24.5 Å². The summed E-state index contributed by atoms with van der Waals surface area (Å²) in [5.74, 6) is 1.01. The fraction of sp³-hybridized carbons (Fsp3) is 0.393. The summed E-state index contributed by atoms with van der Waals surface area (Å²) in [5, 5.41) is 3.93. The molecule has 2 heterocycles. The summed E-state index contributed by atoms with van der Waals surface area (Å²) in [6.45, 7) is 7.71. The van der Waals surface area contributed by atoms with Crippen LogP contribution in [-0.2, 0) is 11.3 Å². The first-order valence-corrected chi connectivity index (χ1v) is 12.9. The number of piperidine rings is 1. The molecule has 2 amide bonds. The normalized spacial score (nSPS) is 15.0. The summed E-state index contributed by atoms with van der Waals surface area (Å²) >= 11 is 1.46. The minimum atomic E-state index is -0.111. The minimum absolute atomic E-state index is 0.0433. The molecule has 1 aliphatic rings. The largest absolute Gasteiger partial charge is 0.496 e. The molecule has 1 unspecified atom stereocenters. The van der Waals surface area contributed by atoms with Crippen molar-refractivity contribution in [2.24, 2.45) is 11.8 Å². The second-order valence-electron chi connectivity index (χ2n) is 9.25. The van der Waals surface area contributed by atoms with E-state index >= 15 is 0 Å². The molecule has 1 atom stereocenters. The molecule has 1 N–H and O–H groups in total. The van der Waals surface area contributed by atoms with Gasteiger partial charge in [-0.05, 0) is 38.7 Å². The number of rotatable bonds is 7. The van der Waals surface area contributed by atoms with Gasteiger partial charge in [-0.15, -0.1) is 11.3 Å². The smallest absolute Gasteiger partial charge is 0.265 e. The Morgan fingerprint density at radius 3 is 2.49 bits per heavy atom. The molecule has 7 heteroatoms. The third-order valence-corrected chi connectivity index (χ3v) is 8.08. The van der Waals surface area contributed by atoms with Crippen LogP contribution in [0.5, 0.6) is 5.75 Å². The number of likely N-dealkylation sites (tertiary alicyclic amines) is 1. The van der Waals surface area contributed by atoms with Gasteiger partial charge in [0, 0.05) is 36.7 Å². The number of nitrogens with one attached hydrogen (secondary N) is 1. The Morgan fingerprint density at radius 2 is 1.80 bits per heavy atom. The lowest BCUT2D eigenvalue weighted by atomic mass is 9.84. The minimum Gasteiger partial charge on any atom is -0.496 e. The summed E-state index contributed by atoms with van der Waals surface area (Å²) in [6, 6.07) is 15.9. The SMILES string of the molecule is COc1ccccc1CNC(=O)C(C)C1CCN(C(=O)c2sc(-c3ccc(C)cc3)nc2C)CC1. The zero-order chi connectivity index (χ0) is 24.9. The number of hydrogen-bond donors (Lipinski definition) is 1. The second-order valence-corrected chi connectivity index (χ2v) is 10.2. The van der Waals surface area contributed by atoms with Crippen molar-refractivity contribution in [3.63, 3.8) is 0 Å². The fourth-order valence-electron chi connectivity index (χ4n) is 4.57. The van der Waals surface area contributed by atoms with Gasteiger partial charge in [0.1, 0.15) is 15.6 Å². The maximum Gasteiger partial charge on any atom is 0.265 e. The first-order valence-electron chi connectivity index (χ1n) is 12.1. The van der Waals surface area contributed by atoms with Crippen LogP contribution in [0.3, 0.4) is 0 Å². The Kier molecular flexibility index (Phi) is 7.86. The Hall–Kier alpha value is -3.19. The molecule has 35 heavy (non-hydrogen) atoms. The third-order valence-electron chi connectivity index (χ3n) is 6.88. The molecule has 0 saturated carbocycles. The van der Waals surface area contributed by atoms with Crippen LogP contribution in [0, 0.1) is 25.7 Å². The van der Waals surface area contributed by atoms with Gasteiger partial charge in [0.25, 0.3) is 5.91 Å². The van der Waals surface area contributed by atoms with Gasteiger partial charge in [0.15, 0.2) is 0 Å². The maximum atomic E-state index is 13.3. The number of methoxy groups -OCH3 is 1. The highest BCUT2D eigenvalue weighted by Gasteiger charge is 2.31. The predicted octanol–water partition coefficient (Wildman–Crippen LogP) is 5.24. The molecule has 0 bridgehead atoms. The molecule has 1 aromatic heterocycles. The van der Waals surface area contributed by atoms with E-state index in [4.69, 9.17) is 4.74 Å². The quantitative estimate of drug-likeness (QED) is 0.491. The Bertz CT molecular complexity index is 1180. The van der Waals surface area contributed by atoms with Crippen LogP contribution in [0.15, 0.2) is 48.5 Å². The number of carbonyl (C=O) groups excluding carboxylic acids is 2. The number of thiazole rings is 1. The first kappa shape index (κ1) is 24.9. The third kappa shape index (κ3) is 5.73. The van der Waals surface area contributed by atoms with Crippen LogP contribution >= 0.6 is 11.3 Å². The molecule has 184 valence electrons. The summed E-state index contributed by atoms with van der Waals surface area (Å²) in [4.78, 5) is 33.4. The number of amides is 2. The lowest BCUT2D eigenvalue weighted by Crippen LogP contribution is -2.42. The van der Waals surface area contributed by atoms with E-state index in [-0.39, 0.29) is 23.7 Å². The average molecular weight is 492 g/mol. The summed E-state index contributed by atoms with van der Waals surface area (Å²) in [7, 11) is 1.63. The lowest BCUT2D eigenvalue weighted by Gasteiger charge is -2.34. The average Bonchev–Trinajstić information content (AvgIpc) is 3.28. The fourth-order valence-corrected chi connectivity index (χ4v) is 5.61. The van der Waals surface area contributed by atoms with E-state index in [1.807, 2.05) is 55.1 Å².